The molecule has 0 aliphatic carbocycles. The number of thiophene rings is 1. The molecule has 1 amide bonds. The van der Waals surface area contributed by atoms with Crippen molar-refractivity contribution in [3.63, 3.8) is 0 Å². The molecule has 2 atom stereocenters. The summed E-state index contributed by atoms with van der Waals surface area (Å²) in [6.07, 6.45) is 4.00. The number of likely N-dealkylation sites (tertiary alicyclic amines) is 1. The predicted octanol–water partition coefficient (Wildman–Crippen LogP) is 3.69. The van der Waals surface area contributed by atoms with Crippen LogP contribution in [0.15, 0.2) is 29.8 Å². The highest BCUT2D eigenvalue weighted by atomic mass is 32.1. The minimum Gasteiger partial charge on any atom is -0.310 e. The second kappa shape index (κ2) is 6.84. The summed E-state index contributed by atoms with van der Waals surface area (Å²) < 4.78 is 1.84. The van der Waals surface area contributed by atoms with E-state index < -0.39 is 0 Å². The molecule has 3 heterocycles. The molecule has 0 saturated carbocycles. The molecule has 0 bridgehead atoms. The molecule has 1 saturated heterocycles. The first kappa shape index (κ1) is 16.2. The molecule has 3 rings (SSSR count). The van der Waals surface area contributed by atoms with Gasteiger partial charge in [0.05, 0.1) is 12.2 Å². The SMILES string of the molecule is CC(C)n1nccc1NC(=O)[C@H](C)N1CCC[C@H]1c1cccs1. The number of nitrogens with zero attached hydrogens (tertiary/aromatic N) is 3. The third-order valence-corrected chi connectivity index (χ3v) is 5.43. The van der Waals surface area contributed by atoms with Crippen LogP contribution in [0.4, 0.5) is 5.82 Å². The number of nitrogens with one attached hydrogen (secondary N) is 1. The van der Waals surface area contributed by atoms with Gasteiger partial charge in [-0.25, -0.2) is 4.68 Å². The van der Waals surface area contributed by atoms with Crippen molar-refractivity contribution in [3.8, 4) is 0 Å². The molecule has 0 unspecified atom stereocenters. The van der Waals surface area contributed by atoms with E-state index in [1.165, 1.54) is 4.88 Å². The summed E-state index contributed by atoms with van der Waals surface area (Å²) in [5.41, 5.74) is 0. The first-order chi connectivity index (χ1) is 11.1. The van der Waals surface area contributed by atoms with E-state index in [-0.39, 0.29) is 18.0 Å². The lowest BCUT2D eigenvalue weighted by molar-refractivity contribution is -0.121. The van der Waals surface area contributed by atoms with Crippen molar-refractivity contribution in [3.05, 3.63) is 34.7 Å². The Hall–Kier alpha value is -1.66. The van der Waals surface area contributed by atoms with Gasteiger partial charge in [0.1, 0.15) is 5.82 Å². The quantitative estimate of drug-likeness (QED) is 0.908. The monoisotopic (exact) mass is 332 g/mol. The van der Waals surface area contributed by atoms with Gasteiger partial charge in [0, 0.05) is 23.0 Å². The van der Waals surface area contributed by atoms with Crippen molar-refractivity contribution in [1.29, 1.82) is 0 Å². The first-order valence-corrected chi connectivity index (χ1v) is 9.09. The molecule has 0 aromatic carbocycles. The molecule has 2 aromatic rings. The fourth-order valence-corrected chi connectivity index (χ4v) is 4.13. The maximum absolute atomic E-state index is 12.7. The van der Waals surface area contributed by atoms with E-state index in [1.807, 2.05) is 17.7 Å². The normalized spacial score (nSPS) is 20.1. The predicted molar refractivity (Wildman–Crippen MR) is 93.7 cm³/mol. The van der Waals surface area contributed by atoms with E-state index in [0.29, 0.717) is 6.04 Å². The molecule has 124 valence electrons. The third kappa shape index (κ3) is 3.33. The van der Waals surface area contributed by atoms with Gasteiger partial charge >= 0.3 is 0 Å². The summed E-state index contributed by atoms with van der Waals surface area (Å²) in [4.78, 5) is 16.4. The Morgan fingerprint density at radius 1 is 1.39 bits per heavy atom. The summed E-state index contributed by atoms with van der Waals surface area (Å²) >= 11 is 1.78. The molecule has 1 aliphatic rings. The van der Waals surface area contributed by atoms with Crippen molar-refractivity contribution in [2.45, 2.75) is 51.7 Å². The number of carbonyl (C=O) groups is 1. The summed E-state index contributed by atoms with van der Waals surface area (Å²) in [6, 6.07) is 6.55. The van der Waals surface area contributed by atoms with Crippen LogP contribution in [-0.4, -0.2) is 33.2 Å². The molecule has 1 fully saturated rings. The molecular formula is C17H24N4OS. The maximum Gasteiger partial charge on any atom is 0.242 e. The van der Waals surface area contributed by atoms with Gasteiger partial charge in [0.15, 0.2) is 0 Å². The van der Waals surface area contributed by atoms with Gasteiger partial charge in [-0.2, -0.15) is 5.10 Å². The van der Waals surface area contributed by atoms with Crippen molar-refractivity contribution < 1.29 is 4.79 Å². The lowest BCUT2D eigenvalue weighted by atomic mass is 10.1. The van der Waals surface area contributed by atoms with Crippen LogP contribution in [0.3, 0.4) is 0 Å². The molecule has 0 radical (unpaired) electrons. The van der Waals surface area contributed by atoms with Gasteiger partial charge in [-0.05, 0) is 51.6 Å². The van der Waals surface area contributed by atoms with Crippen LogP contribution in [0, 0.1) is 0 Å². The second-order valence-electron chi connectivity index (χ2n) is 6.33. The molecule has 0 spiro atoms. The molecule has 6 heteroatoms. The summed E-state index contributed by atoms with van der Waals surface area (Å²) in [7, 11) is 0. The van der Waals surface area contributed by atoms with Crippen LogP contribution in [0.5, 0.6) is 0 Å². The zero-order valence-corrected chi connectivity index (χ0v) is 14.7. The van der Waals surface area contributed by atoms with Gasteiger partial charge in [0.2, 0.25) is 5.91 Å². The highest BCUT2D eigenvalue weighted by molar-refractivity contribution is 7.10. The summed E-state index contributed by atoms with van der Waals surface area (Å²) in [5, 5.41) is 9.42. The van der Waals surface area contributed by atoms with E-state index in [2.05, 4.69) is 46.7 Å². The Bertz CT molecular complexity index is 649. The van der Waals surface area contributed by atoms with Gasteiger partial charge in [0.25, 0.3) is 0 Å². The summed E-state index contributed by atoms with van der Waals surface area (Å²) in [5.74, 6) is 0.805. The number of carbonyl (C=O) groups excluding carboxylic acids is 1. The lowest BCUT2D eigenvalue weighted by Crippen LogP contribution is -2.41. The van der Waals surface area contributed by atoms with Crippen LogP contribution in [0.1, 0.15) is 50.6 Å². The second-order valence-corrected chi connectivity index (χ2v) is 7.31. The Kier molecular flexibility index (Phi) is 4.82. The average Bonchev–Trinajstić information content (AvgIpc) is 3.26. The molecule has 5 nitrogen and oxygen atoms in total. The highest BCUT2D eigenvalue weighted by Gasteiger charge is 2.33. The van der Waals surface area contributed by atoms with E-state index in [0.717, 1.165) is 25.2 Å². The van der Waals surface area contributed by atoms with Crippen LogP contribution < -0.4 is 5.32 Å². The Balaban J connectivity index is 1.70. The molecule has 1 N–H and O–H groups in total. The maximum atomic E-state index is 12.7. The number of aromatic nitrogens is 2. The Morgan fingerprint density at radius 3 is 2.91 bits per heavy atom. The largest absolute Gasteiger partial charge is 0.310 e. The van der Waals surface area contributed by atoms with E-state index >= 15 is 0 Å². The van der Waals surface area contributed by atoms with Crippen molar-refractivity contribution in [2.24, 2.45) is 0 Å². The van der Waals surface area contributed by atoms with Crippen molar-refractivity contribution in [1.82, 2.24) is 14.7 Å². The Labute approximate surface area is 141 Å². The van der Waals surface area contributed by atoms with Gasteiger partial charge < -0.3 is 5.32 Å². The van der Waals surface area contributed by atoms with E-state index in [9.17, 15) is 4.79 Å². The van der Waals surface area contributed by atoms with Crippen LogP contribution in [-0.2, 0) is 4.79 Å². The number of rotatable bonds is 5. The van der Waals surface area contributed by atoms with Crippen LogP contribution in [0.2, 0.25) is 0 Å². The minimum atomic E-state index is -0.153. The first-order valence-electron chi connectivity index (χ1n) is 8.21. The van der Waals surface area contributed by atoms with E-state index in [1.54, 1.807) is 17.5 Å². The average molecular weight is 332 g/mol. The Morgan fingerprint density at radius 2 is 2.22 bits per heavy atom. The smallest absolute Gasteiger partial charge is 0.242 e. The van der Waals surface area contributed by atoms with E-state index in [4.69, 9.17) is 0 Å². The number of hydrogen-bond donors (Lipinski definition) is 1. The van der Waals surface area contributed by atoms with Crippen molar-refractivity contribution >= 4 is 23.1 Å². The van der Waals surface area contributed by atoms with Crippen LogP contribution >= 0.6 is 11.3 Å². The van der Waals surface area contributed by atoms with Gasteiger partial charge in [-0.3, -0.25) is 9.69 Å². The molecule has 23 heavy (non-hydrogen) atoms. The van der Waals surface area contributed by atoms with Crippen molar-refractivity contribution in [2.75, 3.05) is 11.9 Å². The number of anilines is 1. The topological polar surface area (TPSA) is 50.2 Å². The molecule has 1 aliphatic heterocycles. The van der Waals surface area contributed by atoms with Gasteiger partial charge in [-0.1, -0.05) is 6.07 Å². The number of hydrogen-bond acceptors (Lipinski definition) is 4. The highest BCUT2D eigenvalue weighted by Crippen LogP contribution is 2.36. The summed E-state index contributed by atoms with van der Waals surface area (Å²) in [6.45, 7) is 7.08. The zero-order valence-electron chi connectivity index (χ0n) is 13.9. The zero-order chi connectivity index (χ0) is 16.4. The standard InChI is InChI=1S/C17H24N4OS/c1-12(2)21-16(8-9-18-21)19-17(22)13(3)20-10-4-6-14(20)15-7-5-11-23-15/h5,7-9,11-14H,4,6,10H2,1-3H3,(H,19,22)/t13-,14-/m0/s1. The fraction of sp³-hybridized carbons (Fsp3) is 0.529. The minimum absolute atomic E-state index is 0.0378. The van der Waals surface area contributed by atoms with Crippen LogP contribution in [0.25, 0.3) is 0 Å². The molecule has 2 aromatic heterocycles. The fourth-order valence-electron chi connectivity index (χ4n) is 3.25. The number of amides is 1. The van der Waals surface area contributed by atoms with Gasteiger partial charge in [-0.15, -0.1) is 11.3 Å². The lowest BCUT2D eigenvalue weighted by Gasteiger charge is -2.29. The molecular weight excluding hydrogens is 308 g/mol. The third-order valence-electron chi connectivity index (χ3n) is 4.45.